The van der Waals surface area contributed by atoms with E-state index in [1.807, 2.05) is 0 Å². The minimum absolute atomic E-state index is 1.06. The van der Waals surface area contributed by atoms with Gasteiger partial charge in [0, 0.05) is 19.6 Å². The van der Waals surface area contributed by atoms with Crippen molar-refractivity contribution in [2.24, 2.45) is 0 Å². The van der Waals surface area contributed by atoms with Crippen molar-refractivity contribution in [1.82, 2.24) is 0 Å². The zero-order valence-corrected chi connectivity index (χ0v) is 9.93. The molecule has 1 aromatic rings. The molecule has 1 aliphatic heterocycles. The molecule has 0 amide bonds. The molecule has 0 aromatic heterocycles. The number of rotatable bonds is 2. The van der Waals surface area contributed by atoms with Crippen molar-refractivity contribution < 1.29 is 0 Å². The quantitative estimate of drug-likeness (QED) is 0.796. The van der Waals surface area contributed by atoms with E-state index in [9.17, 15) is 0 Å². The first-order chi connectivity index (χ1) is 7.22. The molecule has 0 saturated heterocycles. The van der Waals surface area contributed by atoms with E-state index < -0.39 is 0 Å². The molecule has 0 fully saturated rings. The van der Waals surface area contributed by atoms with E-state index in [2.05, 4.69) is 43.1 Å². The van der Waals surface area contributed by atoms with E-state index >= 15 is 0 Å². The Bertz CT molecular complexity index is 358. The Morgan fingerprint density at radius 2 is 2.00 bits per heavy atom. The highest BCUT2D eigenvalue weighted by Crippen LogP contribution is 2.31. The summed E-state index contributed by atoms with van der Waals surface area (Å²) in [5.41, 5.74) is 5.45. The van der Waals surface area contributed by atoms with E-state index in [-0.39, 0.29) is 0 Å². The fourth-order valence-electron chi connectivity index (χ4n) is 2.15. The number of benzene rings is 1. The van der Waals surface area contributed by atoms with Gasteiger partial charge in [0.05, 0.1) is 11.4 Å². The molecule has 2 nitrogen and oxygen atoms in total. The maximum atomic E-state index is 3.48. The van der Waals surface area contributed by atoms with Crippen LogP contribution in [-0.2, 0) is 0 Å². The first kappa shape index (κ1) is 10.3. The SMILES string of the molecule is CCCN1CCNc2cc(C)c(C)cc21. The Kier molecular flexibility index (Phi) is 2.85. The molecule has 0 aliphatic carbocycles. The number of hydrogen-bond acceptors (Lipinski definition) is 2. The van der Waals surface area contributed by atoms with Gasteiger partial charge in [0.2, 0.25) is 0 Å². The number of fused-ring (bicyclic) bond motifs is 1. The lowest BCUT2D eigenvalue weighted by atomic mass is 10.1. The topological polar surface area (TPSA) is 15.3 Å². The van der Waals surface area contributed by atoms with Gasteiger partial charge in [-0.3, -0.25) is 0 Å². The zero-order valence-electron chi connectivity index (χ0n) is 9.93. The minimum Gasteiger partial charge on any atom is -0.382 e. The summed E-state index contributed by atoms with van der Waals surface area (Å²) in [7, 11) is 0. The van der Waals surface area contributed by atoms with E-state index in [0.29, 0.717) is 0 Å². The Balaban J connectivity index is 2.38. The van der Waals surface area contributed by atoms with Crippen LogP contribution < -0.4 is 10.2 Å². The summed E-state index contributed by atoms with van der Waals surface area (Å²) in [6.07, 6.45) is 1.21. The van der Waals surface area contributed by atoms with Crippen LogP contribution in [0.3, 0.4) is 0 Å². The van der Waals surface area contributed by atoms with Crippen LogP contribution >= 0.6 is 0 Å². The molecule has 0 radical (unpaired) electrons. The highest BCUT2D eigenvalue weighted by atomic mass is 15.2. The van der Waals surface area contributed by atoms with Crippen LogP contribution in [0.15, 0.2) is 12.1 Å². The zero-order chi connectivity index (χ0) is 10.8. The second kappa shape index (κ2) is 4.13. The molecule has 0 unspecified atom stereocenters. The predicted octanol–water partition coefficient (Wildman–Crippen LogP) is 2.95. The highest BCUT2D eigenvalue weighted by molar-refractivity contribution is 5.74. The number of hydrogen-bond donors (Lipinski definition) is 1. The summed E-state index contributed by atoms with van der Waals surface area (Å²) < 4.78 is 0. The standard InChI is InChI=1S/C13H20N2/c1-4-6-15-7-5-14-12-8-10(2)11(3)9-13(12)15/h8-9,14H,4-7H2,1-3H3. The number of nitrogens with zero attached hydrogens (tertiary/aromatic N) is 1. The van der Waals surface area contributed by atoms with Crippen LogP contribution in [0.2, 0.25) is 0 Å². The molecular weight excluding hydrogens is 184 g/mol. The summed E-state index contributed by atoms with van der Waals surface area (Å²) in [6, 6.07) is 4.58. The van der Waals surface area contributed by atoms with Crippen molar-refractivity contribution in [3.05, 3.63) is 23.3 Å². The normalized spacial score (nSPS) is 14.7. The van der Waals surface area contributed by atoms with Gasteiger partial charge in [-0.2, -0.15) is 0 Å². The van der Waals surface area contributed by atoms with Gasteiger partial charge in [0.15, 0.2) is 0 Å². The maximum absolute atomic E-state index is 3.48. The second-order valence-corrected chi connectivity index (χ2v) is 4.37. The second-order valence-electron chi connectivity index (χ2n) is 4.37. The van der Waals surface area contributed by atoms with Crippen molar-refractivity contribution in [2.45, 2.75) is 27.2 Å². The van der Waals surface area contributed by atoms with E-state index in [4.69, 9.17) is 0 Å². The van der Waals surface area contributed by atoms with Crippen molar-refractivity contribution in [3.63, 3.8) is 0 Å². The lowest BCUT2D eigenvalue weighted by Crippen LogP contribution is -2.34. The van der Waals surface area contributed by atoms with Crippen molar-refractivity contribution >= 4 is 11.4 Å². The molecule has 2 heteroatoms. The van der Waals surface area contributed by atoms with Gasteiger partial charge >= 0.3 is 0 Å². The number of aryl methyl sites for hydroxylation is 2. The number of nitrogens with one attached hydrogen (secondary N) is 1. The Labute approximate surface area is 92.3 Å². The van der Waals surface area contributed by atoms with Gasteiger partial charge in [-0.05, 0) is 43.5 Å². The third-order valence-electron chi connectivity index (χ3n) is 3.14. The molecule has 0 saturated carbocycles. The maximum Gasteiger partial charge on any atom is 0.0605 e. The van der Waals surface area contributed by atoms with Gasteiger partial charge in [-0.1, -0.05) is 6.92 Å². The smallest absolute Gasteiger partial charge is 0.0605 e. The Hall–Kier alpha value is -1.18. The van der Waals surface area contributed by atoms with Crippen molar-refractivity contribution in [2.75, 3.05) is 29.9 Å². The molecule has 1 N–H and O–H groups in total. The Morgan fingerprint density at radius 1 is 1.27 bits per heavy atom. The third kappa shape index (κ3) is 1.94. The fraction of sp³-hybridized carbons (Fsp3) is 0.538. The molecule has 2 rings (SSSR count). The minimum atomic E-state index is 1.06. The van der Waals surface area contributed by atoms with Crippen molar-refractivity contribution in [1.29, 1.82) is 0 Å². The molecular formula is C13H20N2. The first-order valence-corrected chi connectivity index (χ1v) is 5.82. The van der Waals surface area contributed by atoms with Gasteiger partial charge < -0.3 is 10.2 Å². The highest BCUT2D eigenvalue weighted by Gasteiger charge is 2.16. The van der Waals surface area contributed by atoms with Gasteiger partial charge in [-0.15, -0.1) is 0 Å². The van der Waals surface area contributed by atoms with Crippen LogP contribution in [0.1, 0.15) is 24.5 Å². The van der Waals surface area contributed by atoms with Crippen LogP contribution in [0.5, 0.6) is 0 Å². The Morgan fingerprint density at radius 3 is 2.73 bits per heavy atom. The van der Waals surface area contributed by atoms with Crippen molar-refractivity contribution in [3.8, 4) is 0 Å². The van der Waals surface area contributed by atoms with Crippen LogP contribution in [0, 0.1) is 13.8 Å². The van der Waals surface area contributed by atoms with E-state index in [0.717, 1.165) is 19.6 Å². The molecule has 1 aliphatic rings. The molecule has 1 heterocycles. The summed E-state index contributed by atoms with van der Waals surface area (Å²) >= 11 is 0. The molecule has 0 atom stereocenters. The van der Waals surface area contributed by atoms with Crippen LogP contribution in [0.25, 0.3) is 0 Å². The predicted molar refractivity (Wildman–Crippen MR) is 66.9 cm³/mol. The van der Waals surface area contributed by atoms with Crippen LogP contribution in [-0.4, -0.2) is 19.6 Å². The molecule has 1 aromatic carbocycles. The van der Waals surface area contributed by atoms with E-state index in [1.54, 1.807) is 0 Å². The summed E-state index contributed by atoms with van der Waals surface area (Å²) in [4.78, 5) is 2.48. The lowest BCUT2D eigenvalue weighted by Gasteiger charge is -2.32. The summed E-state index contributed by atoms with van der Waals surface area (Å²) in [6.45, 7) is 9.96. The fourth-order valence-corrected chi connectivity index (χ4v) is 2.15. The third-order valence-corrected chi connectivity index (χ3v) is 3.14. The average Bonchev–Trinajstić information content (AvgIpc) is 2.21. The first-order valence-electron chi connectivity index (χ1n) is 5.82. The number of anilines is 2. The largest absolute Gasteiger partial charge is 0.382 e. The summed E-state index contributed by atoms with van der Waals surface area (Å²) in [5.74, 6) is 0. The van der Waals surface area contributed by atoms with Gasteiger partial charge in [0.1, 0.15) is 0 Å². The van der Waals surface area contributed by atoms with Gasteiger partial charge in [0.25, 0.3) is 0 Å². The van der Waals surface area contributed by atoms with Crippen LogP contribution in [0.4, 0.5) is 11.4 Å². The lowest BCUT2D eigenvalue weighted by molar-refractivity contribution is 0.759. The molecule has 15 heavy (non-hydrogen) atoms. The van der Waals surface area contributed by atoms with E-state index in [1.165, 1.54) is 28.9 Å². The average molecular weight is 204 g/mol. The molecule has 0 spiro atoms. The molecule has 82 valence electrons. The van der Waals surface area contributed by atoms with Gasteiger partial charge in [-0.25, -0.2) is 0 Å². The summed E-state index contributed by atoms with van der Waals surface area (Å²) in [5, 5.41) is 3.48. The monoisotopic (exact) mass is 204 g/mol. The molecule has 0 bridgehead atoms.